The van der Waals surface area contributed by atoms with Crippen LogP contribution < -0.4 is 16.1 Å². The number of nitrogens with one attached hydrogen (secondary N) is 3. The van der Waals surface area contributed by atoms with Crippen molar-refractivity contribution in [3.8, 4) is 11.3 Å². The minimum atomic E-state index is -1.14. The van der Waals surface area contributed by atoms with Gasteiger partial charge in [0.25, 0.3) is 0 Å². The summed E-state index contributed by atoms with van der Waals surface area (Å²) in [4.78, 5) is 46.6. The fraction of sp³-hybridized carbons (Fsp3) is 0.424. The standard InChI is InChI=1S/C33H44N6O6/c1-22(2)29(37-31(42)44-6)30(41)36-26(18-23-10-8-7-9-11-23)28(40)21-39(38-32(43)45-33(3,4)5)20-24-12-14-25(15-13-24)27-19-34-16-17-35-27/h7-17,19,22,26,28-29,40H,18,20-21H2,1-6H3,(H,36,41)(H,37,42)(H,38,43)/t26-,28-,29-/m0/s1. The molecule has 0 saturated carbocycles. The average molecular weight is 621 g/mol. The smallest absolute Gasteiger partial charge is 0.422 e. The summed E-state index contributed by atoms with van der Waals surface area (Å²) in [5.41, 5.74) is 5.34. The highest BCUT2D eigenvalue weighted by Crippen LogP contribution is 2.18. The lowest BCUT2D eigenvalue weighted by atomic mass is 9.98. The number of hydrogen-bond donors (Lipinski definition) is 4. The van der Waals surface area contributed by atoms with E-state index in [-0.39, 0.29) is 19.0 Å². The second kappa shape index (κ2) is 16.5. The van der Waals surface area contributed by atoms with E-state index in [2.05, 4.69) is 26.0 Å². The Balaban J connectivity index is 1.84. The molecule has 1 aromatic heterocycles. The summed E-state index contributed by atoms with van der Waals surface area (Å²) < 4.78 is 10.2. The van der Waals surface area contributed by atoms with Gasteiger partial charge in [0.2, 0.25) is 5.91 Å². The van der Waals surface area contributed by atoms with Crippen molar-refractivity contribution in [1.82, 2.24) is 31.0 Å². The first-order chi connectivity index (χ1) is 21.3. The lowest BCUT2D eigenvalue weighted by Crippen LogP contribution is -2.57. The molecule has 4 N–H and O–H groups in total. The van der Waals surface area contributed by atoms with Crippen molar-refractivity contribution in [3.05, 3.63) is 84.3 Å². The third-order valence-corrected chi connectivity index (χ3v) is 6.74. The number of hydrazine groups is 1. The van der Waals surface area contributed by atoms with Gasteiger partial charge < -0.3 is 25.2 Å². The van der Waals surface area contributed by atoms with Crippen molar-refractivity contribution in [1.29, 1.82) is 0 Å². The van der Waals surface area contributed by atoms with Crippen LogP contribution in [-0.2, 0) is 27.2 Å². The van der Waals surface area contributed by atoms with Crippen molar-refractivity contribution in [3.63, 3.8) is 0 Å². The van der Waals surface area contributed by atoms with E-state index >= 15 is 0 Å². The maximum Gasteiger partial charge on any atom is 0.422 e. The van der Waals surface area contributed by atoms with Gasteiger partial charge in [0.15, 0.2) is 0 Å². The van der Waals surface area contributed by atoms with Gasteiger partial charge in [-0.25, -0.2) is 14.6 Å². The molecule has 0 spiro atoms. The fourth-order valence-corrected chi connectivity index (χ4v) is 4.53. The number of ether oxygens (including phenoxy) is 2. The van der Waals surface area contributed by atoms with E-state index in [1.165, 1.54) is 7.11 Å². The second-order valence-electron chi connectivity index (χ2n) is 12.0. The molecule has 0 bridgehead atoms. The van der Waals surface area contributed by atoms with Gasteiger partial charge in [-0.15, -0.1) is 0 Å². The normalized spacial score (nSPS) is 13.4. The number of methoxy groups -OCH3 is 1. The number of hydrogen-bond acceptors (Lipinski definition) is 9. The maximum atomic E-state index is 13.4. The van der Waals surface area contributed by atoms with Gasteiger partial charge in [0.1, 0.15) is 11.6 Å². The molecular formula is C33H44N6O6. The molecule has 242 valence electrons. The quantitative estimate of drug-likeness (QED) is 0.209. The summed E-state index contributed by atoms with van der Waals surface area (Å²) in [6, 6.07) is 15.3. The van der Waals surface area contributed by atoms with Crippen molar-refractivity contribution in [2.24, 2.45) is 5.92 Å². The molecule has 0 aliphatic rings. The number of carbonyl (C=O) groups is 3. The summed E-state index contributed by atoms with van der Waals surface area (Å²) in [6.07, 6.45) is 2.64. The van der Waals surface area contributed by atoms with Gasteiger partial charge in [0, 0.05) is 31.0 Å². The fourth-order valence-electron chi connectivity index (χ4n) is 4.53. The lowest BCUT2D eigenvalue weighted by molar-refractivity contribution is -0.125. The van der Waals surface area contributed by atoms with Crippen LogP contribution in [0.25, 0.3) is 11.3 Å². The molecule has 45 heavy (non-hydrogen) atoms. The molecule has 12 nitrogen and oxygen atoms in total. The van der Waals surface area contributed by atoms with E-state index in [1.807, 2.05) is 54.6 Å². The molecule has 3 amide bonds. The minimum Gasteiger partial charge on any atom is -0.453 e. The number of aliphatic hydroxyl groups is 1. The highest BCUT2D eigenvalue weighted by atomic mass is 16.6. The van der Waals surface area contributed by atoms with E-state index in [4.69, 9.17) is 9.47 Å². The number of amides is 3. The molecule has 1 heterocycles. The Morgan fingerprint density at radius 3 is 2.20 bits per heavy atom. The number of rotatable bonds is 13. The number of aliphatic hydroxyl groups excluding tert-OH is 1. The van der Waals surface area contributed by atoms with Crippen LogP contribution in [-0.4, -0.2) is 75.6 Å². The summed E-state index contributed by atoms with van der Waals surface area (Å²) in [7, 11) is 1.22. The minimum absolute atomic E-state index is 0.0558. The summed E-state index contributed by atoms with van der Waals surface area (Å²) in [5, 5.41) is 18.6. The van der Waals surface area contributed by atoms with Gasteiger partial charge in [-0.2, -0.15) is 0 Å². The van der Waals surface area contributed by atoms with Crippen molar-refractivity contribution in [2.45, 2.75) is 71.4 Å². The van der Waals surface area contributed by atoms with Gasteiger partial charge in [0.05, 0.1) is 31.1 Å². The van der Waals surface area contributed by atoms with Crippen LogP contribution in [0.5, 0.6) is 0 Å². The second-order valence-corrected chi connectivity index (χ2v) is 12.0. The Kier molecular flexibility index (Phi) is 12.8. The lowest BCUT2D eigenvalue weighted by Gasteiger charge is -2.32. The zero-order valence-electron chi connectivity index (χ0n) is 26.7. The first-order valence-corrected chi connectivity index (χ1v) is 14.8. The van der Waals surface area contributed by atoms with Crippen molar-refractivity contribution < 1.29 is 29.0 Å². The van der Waals surface area contributed by atoms with Gasteiger partial charge in [-0.1, -0.05) is 68.4 Å². The molecular weight excluding hydrogens is 576 g/mol. The van der Waals surface area contributed by atoms with Crippen LogP contribution in [0.3, 0.4) is 0 Å². The Hall–Kier alpha value is -4.55. The largest absolute Gasteiger partial charge is 0.453 e. The molecule has 0 saturated heterocycles. The highest BCUT2D eigenvalue weighted by molar-refractivity contribution is 5.86. The molecule has 3 aromatic rings. The third-order valence-electron chi connectivity index (χ3n) is 6.74. The molecule has 0 aliphatic carbocycles. The predicted molar refractivity (Wildman–Crippen MR) is 169 cm³/mol. The monoisotopic (exact) mass is 620 g/mol. The topological polar surface area (TPSA) is 155 Å². The van der Waals surface area contributed by atoms with Crippen molar-refractivity contribution in [2.75, 3.05) is 13.7 Å². The molecule has 12 heteroatoms. The third kappa shape index (κ3) is 11.8. The van der Waals surface area contributed by atoms with Crippen molar-refractivity contribution >= 4 is 18.1 Å². The number of benzene rings is 2. The number of carbonyl (C=O) groups excluding carboxylic acids is 3. The van der Waals surface area contributed by atoms with Gasteiger partial charge in [-0.3, -0.25) is 20.2 Å². The van der Waals surface area contributed by atoms with Crippen LogP contribution in [0.2, 0.25) is 0 Å². The zero-order chi connectivity index (χ0) is 33.0. The number of nitrogens with zero attached hydrogens (tertiary/aromatic N) is 3. The van der Waals surface area contributed by atoms with E-state index < -0.39 is 41.9 Å². The van der Waals surface area contributed by atoms with E-state index in [9.17, 15) is 19.5 Å². The van der Waals surface area contributed by atoms with Crippen LogP contribution in [0.1, 0.15) is 45.7 Å². The highest BCUT2D eigenvalue weighted by Gasteiger charge is 2.31. The first-order valence-electron chi connectivity index (χ1n) is 14.8. The average Bonchev–Trinajstić information content (AvgIpc) is 2.99. The molecule has 0 radical (unpaired) electrons. The van der Waals surface area contributed by atoms with Gasteiger partial charge in [-0.05, 0) is 44.2 Å². The number of aromatic nitrogens is 2. The van der Waals surface area contributed by atoms with Crippen LogP contribution in [0.4, 0.5) is 9.59 Å². The first kappa shape index (κ1) is 34.9. The van der Waals surface area contributed by atoms with E-state index in [0.717, 1.165) is 22.4 Å². The summed E-state index contributed by atoms with van der Waals surface area (Å²) in [5.74, 6) is -0.726. The summed E-state index contributed by atoms with van der Waals surface area (Å²) >= 11 is 0. The van der Waals surface area contributed by atoms with Crippen LogP contribution >= 0.6 is 0 Å². The molecule has 3 atom stereocenters. The zero-order valence-corrected chi connectivity index (χ0v) is 26.7. The summed E-state index contributed by atoms with van der Waals surface area (Å²) in [6.45, 7) is 9.04. The molecule has 0 unspecified atom stereocenters. The Labute approximate surface area is 264 Å². The molecule has 0 fully saturated rings. The SMILES string of the molecule is COC(=O)N[C@H](C(=O)N[C@@H](Cc1ccccc1)[C@@H](O)CN(Cc1ccc(-c2cnccn2)cc1)NC(=O)OC(C)(C)C)C(C)C. The maximum absolute atomic E-state index is 13.4. The Bertz CT molecular complexity index is 1370. The van der Waals surface area contributed by atoms with Gasteiger partial charge >= 0.3 is 12.2 Å². The Morgan fingerprint density at radius 1 is 0.933 bits per heavy atom. The Morgan fingerprint density at radius 2 is 1.62 bits per heavy atom. The van der Waals surface area contributed by atoms with Crippen LogP contribution in [0.15, 0.2) is 73.2 Å². The predicted octanol–water partition coefficient (Wildman–Crippen LogP) is 3.85. The van der Waals surface area contributed by atoms with E-state index in [0.29, 0.717) is 6.42 Å². The molecule has 2 aromatic carbocycles. The van der Waals surface area contributed by atoms with E-state index in [1.54, 1.807) is 58.2 Å². The molecule has 0 aliphatic heterocycles. The van der Waals surface area contributed by atoms with Crippen LogP contribution in [0, 0.1) is 5.92 Å². The number of alkyl carbamates (subject to hydrolysis) is 1. The molecule has 3 rings (SSSR count).